The molecular weight excluding hydrogens is 256 g/mol. The second-order valence-corrected chi connectivity index (χ2v) is 7.96. The average molecular weight is 286 g/mol. The molecule has 2 aliphatic carbocycles. The molecule has 116 valence electrons. The van der Waals surface area contributed by atoms with Crippen molar-refractivity contribution < 1.29 is 4.74 Å². The maximum absolute atomic E-state index is 5.80. The Balaban J connectivity index is 1.41. The zero-order valence-electron chi connectivity index (χ0n) is 13.9. The third kappa shape index (κ3) is 2.60. The van der Waals surface area contributed by atoms with Gasteiger partial charge in [0.25, 0.3) is 0 Å². The number of fused-ring (bicyclic) bond motifs is 2. The Kier molecular flexibility index (Phi) is 4.03. The Hall–Kier alpha value is -0.980. The van der Waals surface area contributed by atoms with E-state index in [9.17, 15) is 0 Å². The van der Waals surface area contributed by atoms with Crippen LogP contribution in [-0.4, -0.2) is 6.61 Å². The third-order valence-electron chi connectivity index (χ3n) is 6.93. The van der Waals surface area contributed by atoms with Gasteiger partial charge in [0, 0.05) is 0 Å². The van der Waals surface area contributed by atoms with Gasteiger partial charge in [0.05, 0.1) is 6.61 Å². The van der Waals surface area contributed by atoms with Gasteiger partial charge < -0.3 is 4.74 Å². The Labute approximate surface area is 130 Å². The number of hydrogen-bond acceptors (Lipinski definition) is 1. The molecule has 3 atom stereocenters. The first-order valence-corrected chi connectivity index (χ1v) is 8.72. The van der Waals surface area contributed by atoms with E-state index in [1.807, 2.05) is 30.3 Å². The van der Waals surface area contributed by atoms with Gasteiger partial charge >= 0.3 is 0 Å². The summed E-state index contributed by atoms with van der Waals surface area (Å²) < 4.78 is 5.80. The van der Waals surface area contributed by atoms with E-state index in [1.54, 1.807) is 0 Å². The first-order chi connectivity index (χ1) is 10.0. The summed E-state index contributed by atoms with van der Waals surface area (Å²) in [4.78, 5) is 0. The quantitative estimate of drug-likeness (QED) is 0.610. The lowest BCUT2D eigenvalue weighted by Crippen LogP contribution is -2.32. The van der Waals surface area contributed by atoms with Crippen LogP contribution in [0.25, 0.3) is 0 Å². The summed E-state index contributed by atoms with van der Waals surface area (Å²) in [5.41, 5.74) is 1.16. The maximum atomic E-state index is 5.80. The van der Waals surface area contributed by atoms with Gasteiger partial charge in [-0.1, -0.05) is 39.0 Å². The minimum atomic E-state index is 0.568. The molecule has 2 saturated carbocycles. The Bertz CT molecular complexity index is 464. The van der Waals surface area contributed by atoms with Crippen LogP contribution in [0.1, 0.15) is 59.3 Å². The highest BCUT2D eigenvalue weighted by Crippen LogP contribution is 2.68. The fraction of sp³-hybridized carbons (Fsp3) is 0.700. The zero-order valence-corrected chi connectivity index (χ0v) is 13.9. The molecule has 0 spiro atoms. The molecular formula is C20H30O. The van der Waals surface area contributed by atoms with Crippen molar-refractivity contribution in [1.29, 1.82) is 0 Å². The standard InChI is InChI=1S/C20H30O/c1-19(2)16-12-13-20(19,3)17(15-16)9-7-8-14-21-18-10-5-4-6-11-18/h4-6,10-11,16-17H,7-9,12-15H2,1-3H3. The lowest BCUT2D eigenvalue weighted by Gasteiger charge is -2.39. The van der Waals surface area contributed by atoms with Crippen LogP contribution in [0.5, 0.6) is 5.75 Å². The molecule has 0 N–H and O–H groups in total. The number of ether oxygens (including phenoxy) is 1. The second-order valence-electron chi connectivity index (χ2n) is 7.96. The molecule has 2 fully saturated rings. The number of rotatable bonds is 6. The van der Waals surface area contributed by atoms with Crippen molar-refractivity contribution in [2.24, 2.45) is 22.7 Å². The molecule has 1 nitrogen and oxygen atoms in total. The molecule has 0 heterocycles. The molecule has 0 aliphatic heterocycles. The first-order valence-electron chi connectivity index (χ1n) is 8.72. The van der Waals surface area contributed by atoms with Gasteiger partial charge in [-0.2, -0.15) is 0 Å². The summed E-state index contributed by atoms with van der Waals surface area (Å²) >= 11 is 0. The predicted octanol–water partition coefficient (Wildman–Crippen LogP) is 5.70. The van der Waals surface area contributed by atoms with Crippen LogP contribution >= 0.6 is 0 Å². The number of para-hydroxylation sites is 1. The van der Waals surface area contributed by atoms with Crippen LogP contribution in [0.3, 0.4) is 0 Å². The van der Waals surface area contributed by atoms with E-state index in [4.69, 9.17) is 4.74 Å². The van der Waals surface area contributed by atoms with Crippen LogP contribution in [0.2, 0.25) is 0 Å². The number of benzene rings is 1. The van der Waals surface area contributed by atoms with E-state index < -0.39 is 0 Å². The minimum Gasteiger partial charge on any atom is -0.494 e. The van der Waals surface area contributed by atoms with Crippen molar-refractivity contribution in [3.8, 4) is 5.75 Å². The van der Waals surface area contributed by atoms with Gasteiger partial charge in [0.1, 0.15) is 5.75 Å². The molecule has 0 amide bonds. The summed E-state index contributed by atoms with van der Waals surface area (Å²) in [6, 6.07) is 10.2. The molecule has 1 aromatic rings. The molecule has 21 heavy (non-hydrogen) atoms. The summed E-state index contributed by atoms with van der Waals surface area (Å²) in [6.07, 6.45) is 8.30. The number of hydrogen-bond donors (Lipinski definition) is 0. The SMILES string of the molecule is CC1(C)C2CCC1(C)C(CCCCOc1ccccc1)C2. The van der Waals surface area contributed by atoms with Gasteiger partial charge in [-0.25, -0.2) is 0 Å². The van der Waals surface area contributed by atoms with Crippen LogP contribution in [0.15, 0.2) is 30.3 Å². The Morgan fingerprint density at radius 2 is 1.86 bits per heavy atom. The average Bonchev–Trinajstić information content (AvgIpc) is 2.81. The maximum Gasteiger partial charge on any atom is 0.119 e. The van der Waals surface area contributed by atoms with E-state index in [2.05, 4.69) is 20.8 Å². The van der Waals surface area contributed by atoms with E-state index in [0.29, 0.717) is 10.8 Å². The molecule has 3 rings (SSSR count). The first kappa shape index (κ1) is 14.9. The summed E-state index contributed by atoms with van der Waals surface area (Å²) in [5, 5.41) is 0. The largest absolute Gasteiger partial charge is 0.494 e. The summed E-state index contributed by atoms with van der Waals surface area (Å²) in [5.74, 6) is 2.93. The van der Waals surface area contributed by atoms with Crippen molar-refractivity contribution >= 4 is 0 Å². The van der Waals surface area contributed by atoms with Crippen molar-refractivity contribution in [3.63, 3.8) is 0 Å². The molecule has 1 heteroatoms. The molecule has 2 aliphatic rings. The molecule has 2 bridgehead atoms. The van der Waals surface area contributed by atoms with Gasteiger partial charge in [-0.3, -0.25) is 0 Å². The smallest absolute Gasteiger partial charge is 0.119 e. The van der Waals surface area contributed by atoms with E-state index in [1.165, 1.54) is 38.5 Å². The van der Waals surface area contributed by atoms with E-state index >= 15 is 0 Å². The lowest BCUT2D eigenvalue weighted by atomic mass is 9.65. The topological polar surface area (TPSA) is 9.23 Å². The van der Waals surface area contributed by atoms with E-state index in [0.717, 1.165) is 24.2 Å². The van der Waals surface area contributed by atoms with Crippen LogP contribution < -0.4 is 4.74 Å². The van der Waals surface area contributed by atoms with Gasteiger partial charge in [0.15, 0.2) is 0 Å². The highest BCUT2D eigenvalue weighted by Gasteiger charge is 2.60. The van der Waals surface area contributed by atoms with Gasteiger partial charge in [-0.05, 0) is 73.3 Å². The monoisotopic (exact) mass is 286 g/mol. The lowest BCUT2D eigenvalue weighted by molar-refractivity contribution is 0.0954. The fourth-order valence-electron chi connectivity index (χ4n) is 5.01. The van der Waals surface area contributed by atoms with Crippen molar-refractivity contribution in [2.75, 3.05) is 6.61 Å². The molecule has 3 unspecified atom stereocenters. The second kappa shape index (κ2) is 5.66. The van der Waals surface area contributed by atoms with Gasteiger partial charge in [-0.15, -0.1) is 0 Å². The summed E-state index contributed by atoms with van der Waals surface area (Å²) in [6.45, 7) is 8.46. The highest BCUT2D eigenvalue weighted by molar-refractivity contribution is 5.20. The van der Waals surface area contributed by atoms with Crippen LogP contribution in [0.4, 0.5) is 0 Å². The van der Waals surface area contributed by atoms with Crippen LogP contribution in [-0.2, 0) is 0 Å². The fourth-order valence-corrected chi connectivity index (χ4v) is 5.01. The molecule has 0 radical (unpaired) electrons. The van der Waals surface area contributed by atoms with Crippen molar-refractivity contribution in [2.45, 2.75) is 59.3 Å². The number of unbranched alkanes of at least 4 members (excludes halogenated alkanes) is 1. The van der Waals surface area contributed by atoms with Crippen molar-refractivity contribution in [1.82, 2.24) is 0 Å². The van der Waals surface area contributed by atoms with Crippen molar-refractivity contribution in [3.05, 3.63) is 30.3 Å². The predicted molar refractivity (Wildman–Crippen MR) is 88.5 cm³/mol. The molecule has 1 aromatic carbocycles. The molecule has 0 saturated heterocycles. The molecule has 0 aromatic heterocycles. The van der Waals surface area contributed by atoms with E-state index in [-0.39, 0.29) is 0 Å². The van der Waals surface area contributed by atoms with Crippen LogP contribution in [0, 0.1) is 22.7 Å². The normalized spacial score (nSPS) is 33.3. The zero-order chi connectivity index (χ0) is 14.9. The third-order valence-corrected chi connectivity index (χ3v) is 6.93. The highest BCUT2D eigenvalue weighted by atomic mass is 16.5. The Morgan fingerprint density at radius 3 is 2.48 bits per heavy atom. The minimum absolute atomic E-state index is 0.568. The Morgan fingerprint density at radius 1 is 1.10 bits per heavy atom. The van der Waals surface area contributed by atoms with Gasteiger partial charge in [0.2, 0.25) is 0 Å². The summed E-state index contributed by atoms with van der Waals surface area (Å²) in [7, 11) is 0.